The maximum Gasteiger partial charge on any atom is -0.00965 e. The summed E-state index contributed by atoms with van der Waals surface area (Å²) in [6, 6.07) is 0. The Hall–Kier alpha value is -0.780. The highest BCUT2D eigenvalue weighted by Crippen LogP contribution is 2.47. The monoisotopic (exact) mass is 172 g/mol. The van der Waals surface area contributed by atoms with E-state index in [2.05, 4.69) is 30.4 Å². The Morgan fingerprint density at radius 3 is 2.69 bits per heavy atom. The molecule has 3 unspecified atom stereocenters. The van der Waals surface area contributed by atoms with E-state index >= 15 is 0 Å². The van der Waals surface area contributed by atoms with Crippen molar-refractivity contribution in [2.75, 3.05) is 0 Å². The molecule has 3 rings (SSSR count). The molecule has 0 aromatic heterocycles. The third kappa shape index (κ3) is 1.20. The zero-order valence-electron chi connectivity index (χ0n) is 7.95. The van der Waals surface area contributed by atoms with Crippen LogP contribution in [0.5, 0.6) is 0 Å². The Bertz CT molecular complexity index is 293. The molecule has 0 aromatic rings. The third-order valence-corrected chi connectivity index (χ3v) is 3.73. The van der Waals surface area contributed by atoms with Gasteiger partial charge in [-0.25, -0.2) is 0 Å². The van der Waals surface area contributed by atoms with E-state index in [4.69, 9.17) is 0 Å². The third-order valence-electron chi connectivity index (χ3n) is 3.73. The summed E-state index contributed by atoms with van der Waals surface area (Å²) in [4.78, 5) is 0. The second-order valence-corrected chi connectivity index (χ2v) is 4.57. The van der Waals surface area contributed by atoms with E-state index in [1.165, 1.54) is 25.7 Å². The highest BCUT2D eigenvalue weighted by molar-refractivity contribution is 5.30. The van der Waals surface area contributed by atoms with Crippen LogP contribution in [0.3, 0.4) is 0 Å². The molecule has 0 N–H and O–H groups in total. The van der Waals surface area contributed by atoms with Crippen molar-refractivity contribution in [2.45, 2.75) is 25.7 Å². The summed E-state index contributed by atoms with van der Waals surface area (Å²) in [6.07, 6.45) is 17.4. The summed E-state index contributed by atoms with van der Waals surface area (Å²) >= 11 is 0. The second kappa shape index (κ2) is 2.87. The van der Waals surface area contributed by atoms with Gasteiger partial charge in [0.1, 0.15) is 0 Å². The second-order valence-electron chi connectivity index (χ2n) is 4.57. The molecule has 2 bridgehead atoms. The summed E-state index contributed by atoms with van der Waals surface area (Å²) in [5.74, 6) is 2.65. The molecule has 1 saturated carbocycles. The van der Waals surface area contributed by atoms with Crippen LogP contribution < -0.4 is 0 Å². The Morgan fingerprint density at radius 2 is 2.08 bits per heavy atom. The molecule has 0 amide bonds. The highest BCUT2D eigenvalue weighted by Gasteiger charge is 2.36. The molecule has 0 heteroatoms. The first-order valence-corrected chi connectivity index (χ1v) is 5.48. The van der Waals surface area contributed by atoms with Crippen LogP contribution in [0.2, 0.25) is 0 Å². The van der Waals surface area contributed by atoms with Crippen LogP contribution in [0.4, 0.5) is 0 Å². The predicted octanol–water partition coefficient (Wildman–Crippen LogP) is 3.48. The van der Waals surface area contributed by atoms with E-state index < -0.39 is 0 Å². The standard InChI is InChI=1S/C13H16/c1-2-4-11(5-3-1)13-9-10-6-7-12(13)8-10/h2,4-7,10,12-13H,1,3,8-9H2. The number of fused-ring (bicyclic) bond motifs is 2. The van der Waals surface area contributed by atoms with Gasteiger partial charge in [0.15, 0.2) is 0 Å². The van der Waals surface area contributed by atoms with Crippen molar-refractivity contribution in [3.8, 4) is 0 Å². The SMILES string of the molecule is C1=CC(C2CC3C=CC2C3)=CCC1. The minimum atomic E-state index is 0.867. The Morgan fingerprint density at radius 1 is 1.08 bits per heavy atom. The first-order valence-electron chi connectivity index (χ1n) is 5.48. The number of hydrogen-bond donors (Lipinski definition) is 0. The zero-order valence-corrected chi connectivity index (χ0v) is 7.95. The lowest BCUT2D eigenvalue weighted by Gasteiger charge is -2.21. The maximum absolute atomic E-state index is 2.46. The predicted molar refractivity (Wildman–Crippen MR) is 55.3 cm³/mol. The van der Waals surface area contributed by atoms with Crippen molar-refractivity contribution in [3.63, 3.8) is 0 Å². The fourth-order valence-corrected chi connectivity index (χ4v) is 3.07. The molecule has 0 aromatic carbocycles. The van der Waals surface area contributed by atoms with Crippen LogP contribution in [0, 0.1) is 17.8 Å². The van der Waals surface area contributed by atoms with Gasteiger partial charge in [0.25, 0.3) is 0 Å². The average Bonchev–Trinajstić information content (AvgIpc) is 2.80. The minimum Gasteiger partial charge on any atom is -0.0851 e. The van der Waals surface area contributed by atoms with Gasteiger partial charge in [0, 0.05) is 0 Å². The highest BCUT2D eigenvalue weighted by atomic mass is 14.4. The van der Waals surface area contributed by atoms with Crippen molar-refractivity contribution >= 4 is 0 Å². The fraction of sp³-hybridized carbons (Fsp3) is 0.538. The largest absolute Gasteiger partial charge is 0.0851 e. The van der Waals surface area contributed by atoms with Gasteiger partial charge >= 0.3 is 0 Å². The van der Waals surface area contributed by atoms with Gasteiger partial charge in [0.2, 0.25) is 0 Å². The van der Waals surface area contributed by atoms with Gasteiger partial charge < -0.3 is 0 Å². The van der Waals surface area contributed by atoms with Crippen molar-refractivity contribution in [3.05, 3.63) is 36.0 Å². The molecule has 3 atom stereocenters. The van der Waals surface area contributed by atoms with E-state index in [0.29, 0.717) is 0 Å². The van der Waals surface area contributed by atoms with Gasteiger partial charge in [-0.05, 0) is 49.0 Å². The first-order chi connectivity index (χ1) is 6.43. The molecule has 0 heterocycles. The Labute approximate surface area is 80.0 Å². The van der Waals surface area contributed by atoms with E-state index in [0.717, 1.165) is 17.8 Å². The summed E-state index contributed by atoms with van der Waals surface area (Å²) in [5.41, 5.74) is 1.63. The van der Waals surface area contributed by atoms with Gasteiger partial charge in [-0.3, -0.25) is 0 Å². The quantitative estimate of drug-likeness (QED) is 0.531. The van der Waals surface area contributed by atoms with Crippen molar-refractivity contribution < 1.29 is 0 Å². The van der Waals surface area contributed by atoms with Gasteiger partial charge in [0.05, 0.1) is 0 Å². The lowest BCUT2D eigenvalue weighted by molar-refractivity contribution is 0.526. The van der Waals surface area contributed by atoms with Crippen molar-refractivity contribution in [1.29, 1.82) is 0 Å². The summed E-state index contributed by atoms with van der Waals surface area (Å²) in [5, 5.41) is 0. The molecular weight excluding hydrogens is 156 g/mol. The lowest BCUT2D eigenvalue weighted by atomic mass is 9.84. The molecule has 3 aliphatic rings. The van der Waals surface area contributed by atoms with E-state index in [1.54, 1.807) is 5.57 Å². The van der Waals surface area contributed by atoms with Gasteiger partial charge in [-0.1, -0.05) is 30.4 Å². The summed E-state index contributed by atoms with van der Waals surface area (Å²) in [7, 11) is 0. The molecule has 13 heavy (non-hydrogen) atoms. The fourth-order valence-electron chi connectivity index (χ4n) is 3.07. The summed E-state index contributed by atoms with van der Waals surface area (Å²) < 4.78 is 0. The van der Waals surface area contributed by atoms with Crippen LogP contribution in [0.25, 0.3) is 0 Å². The minimum absolute atomic E-state index is 0.867. The van der Waals surface area contributed by atoms with E-state index in [1.807, 2.05) is 0 Å². The topological polar surface area (TPSA) is 0 Å². The lowest BCUT2D eigenvalue weighted by Crippen LogP contribution is -2.09. The maximum atomic E-state index is 2.46. The van der Waals surface area contributed by atoms with Crippen molar-refractivity contribution in [2.24, 2.45) is 17.8 Å². The molecule has 0 radical (unpaired) electrons. The molecular formula is C13H16. The molecule has 3 aliphatic carbocycles. The molecule has 0 spiro atoms. The average molecular weight is 172 g/mol. The normalized spacial score (nSPS) is 41.2. The Balaban J connectivity index is 1.83. The molecule has 68 valence electrons. The van der Waals surface area contributed by atoms with Crippen LogP contribution in [-0.2, 0) is 0 Å². The van der Waals surface area contributed by atoms with Gasteiger partial charge in [-0.2, -0.15) is 0 Å². The van der Waals surface area contributed by atoms with Crippen molar-refractivity contribution in [1.82, 2.24) is 0 Å². The summed E-state index contributed by atoms with van der Waals surface area (Å²) in [6.45, 7) is 0. The first kappa shape index (κ1) is 7.61. The van der Waals surface area contributed by atoms with E-state index in [-0.39, 0.29) is 0 Å². The van der Waals surface area contributed by atoms with Crippen LogP contribution in [0.15, 0.2) is 36.0 Å². The number of hydrogen-bond acceptors (Lipinski definition) is 0. The zero-order chi connectivity index (χ0) is 8.67. The van der Waals surface area contributed by atoms with Gasteiger partial charge in [-0.15, -0.1) is 0 Å². The molecule has 0 aliphatic heterocycles. The smallest absolute Gasteiger partial charge is 0.00965 e. The van der Waals surface area contributed by atoms with Crippen LogP contribution >= 0.6 is 0 Å². The Kier molecular flexibility index (Phi) is 1.68. The molecule has 0 saturated heterocycles. The van der Waals surface area contributed by atoms with Crippen LogP contribution in [0.1, 0.15) is 25.7 Å². The molecule has 0 nitrogen and oxygen atoms in total. The molecule has 1 fully saturated rings. The number of rotatable bonds is 1. The van der Waals surface area contributed by atoms with E-state index in [9.17, 15) is 0 Å². The van der Waals surface area contributed by atoms with Crippen LogP contribution in [-0.4, -0.2) is 0 Å². The number of allylic oxidation sites excluding steroid dienone is 6.